The number of nitrogens with one attached hydrogen (secondary N) is 1. The summed E-state index contributed by atoms with van der Waals surface area (Å²) in [6, 6.07) is 12.3. The van der Waals surface area contributed by atoms with Crippen LogP contribution in [-0.4, -0.2) is 67.5 Å². The third kappa shape index (κ3) is 4.55. The van der Waals surface area contributed by atoms with Crippen LogP contribution in [0.25, 0.3) is 10.8 Å². The van der Waals surface area contributed by atoms with E-state index in [-0.39, 0.29) is 36.2 Å². The highest BCUT2D eigenvalue weighted by atomic mass is 35.5. The molecule has 0 aromatic heterocycles. The number of benzene rings is 2. The van der Waals surface area contributed by atoms with Crippen LogP contribution in [0.1, 0.15) is 31.2 Å². The number of rotatable bonds is 4. The summed E-state index contributed by atoms with van der Waals surface area (Å²) in [7, 11) is 1.66. The molecule has 2 amide bonds. The summed E-state index contributed by atoms with van der Waals surface area (Å²) in [4.78, 5) is 29.4. The topological polar surface area (TPSA) is 61.9 Å². The van der Waals surface area contributed by atoms with E-state index >= 15 is 0 Å². The Bertz CT molecular complexity index is 920. The molecule has 0 aliphatic carbocycles. The lowest BCUT2D eigenvalue weighted by molar-refractivity contribution is -0.141. The first-order valence-electron chi connectivity index (χ1n) is 10.4. The first-order valence-corrected chi connectivity index (χ1v) is 10.4. The van der Waals surface area contributed by atoms with E-state index in [0.29, 0.717) is 13.1 Å². The maximum atomic E-state index is 13.2. The van der Waals surface area contributed by atoms with Crippen LogP contribution in [0.2, 0.25) is 0 Å². The molecular weight excluding hydrogens is 402 g/mol. The zero-order valence-corrected chi connectivity index (χ0v) is 18.4. The van der Waals surface area contributed by atoms with Gasteiger partial charge in [0.1, 0.15) is 5.75 Å². The van der Waals surface area contributed by atoms with Crippen molar-refractivity contribution in [2.24, 2.45) is 0 Å². The Hall–Kier alpha value is -2.31. The van der Waals surface area contributed by atoms with Crippen LogP contribution in [0.4, 0.5) is 0 Å². The van der Waals surface area contributed by atoms with E-state index in [1.54, 1.807) is 7.11 Å². The molecular formula is C23H30ClN3O3. The molecule has 7 heteroatoms. The van der Waals surface area contributed by atoms with Crippen molar-refractivity contribution in [3.05, 3.63) is 42.0 Å². The van der Waals surface area contributed by atoms with Crippen molar-refractivity contribution in [3.8, 4) is 5.75 Å². The molecule has 162 valence electrons. The fourth-order valence-electron chi connectivity index (χ4n) is 4.47. The van der Waals surface area contributed by atoms with Crippen LogP contribution in [0, 0.1) is 0 Å². The number of halogens is 1. The SMILES string of the molecule is COc1ccc2cc(C(C)C(=O)N3CCCC(N4CCNCC4=O)C3)ccc2c1.Cl. The molecule has 0 bridgehead atoms. The first-order chi connectivity index (χ1) is 14.1. The van der Waals surface area contributed by atoms with Gasteiger partial charge in [0.15, 0.2) is 0 Å². The van der Waals surface area contributed by atoms with Gasteiger partial charge in [0.25, 0.3) is 0 Å². The smallest absolute Gasteiger partial charge is 0.236 e. The lowest BCUT2D eigenvalue weighted by Crippen LogP contribution is -2.57. The molecule has 2 aliphatic rings. The Morgan fingerprint density at radius 3 is 2.70 bits per heavy atom. The van der Waals surface area contributed by atoms with E-state index in [9.17, 15) is 9.59 Å². The van der Waals surface area contributed by atoms with Gasteiger partial charge >= 0.3 is 0 Å². The van der Waals surface area contributed by atoms with Crippen LogP contribution in [0.15, 0.2) is 36.4 Å². The number of amides is 2. The van der Waals surface area contributed by atoms with Gasteiger partial charge in [-0.3, -0.25) is 9.59 Å². The molecule has 0 radical (unpaired) electrons. The van der Waals surface area contributed by atoms with Gasteiger partial charge in [-0.15, -0.1) is 12.4 Å². The number of fused-ring (bicyclic) bond motifs is 1. The van der Waals surface area contributed by atoms with E-state index < -0.39 is 0 Å². The number of hydrogen-bond acceptors (Lipinski definition) is 4. The predicted octanol–water partition coefficient (Wildman–Crippen LogP) is 2.80. The van der Waals surface area contributed by atoms with Crippen molar-refractivity contribution in [3.63, 3.8) is 0 Å². The zero-order chi connectivity index (χ0) is 20.4. The molecule has 1 N–H and O–H groups in total. The quantitative estimate of drug-likeness (QED) is 0.808. The summed E-state index contributed by atoms with van der Waals surface area (Å²) >= 11 is 0. The third-order valence-corrected chi connectivity index (χ3v) is 6.22. The van der Waals surface area contributed by atoms with Gasteiger partial charge < -0.3 is 19.9 Å². The Morgan fingerprint density at radius 2 is 1.93 bits per heavy atom. The predicted molar refractivity (Wildman–Crippen MR) is 120 cm³/mol. The standard InChI is InChI=1S/C23H29N3O3.ClH/c1-16(17-5-6-19-13-21(29-2)8-7-18(19)12-17)23(28)25-10-3-4-20(15-25)26-11-9-24-14-22(26)27;/h5-8,12-13,16,20,24H,3-4,9-11,14-15H2,1-2H3;1H. The Balaban J connectivity index is 0.00000256. The van der Waals surface area contributed by atoms with Gasteiger partial charge in [0, 0.05) is 32.2 Å². The second-order valence-corrected chi connectivity index (χ2v) is 8.04. The second kappa shape index (κ2) is 9.67. The average molecular weight is 432 g/mol. The largest absolute Gasteiger partial charge is 0.497 e. The number of hydrogen-bond donors (Lipinski definition) is 1. The van der Waals surface area contributed by atoms with Gasteiger partial charge in [-0.05, 0) is 48.2 Å². The molecule has 2 atom stereocenters. The molecule has 2 saturated heterocycles. The van der Waals surface area contributed by atoms with Gasteiger partial charge in [0.05, 0.1) is 19.6 Å². The van der Waals surface area contributed by atoms with Crippen molar-refractivity contribution in [1.82, 2.24) is 15.1 Å². The minimum absolute atomic E-state index is 0. The number of piperidine rings is 1. The summed E-state index contributed by atoms with van der Waals surface area (Å²) in [5, 5.41) is 5.32. The summed E-state index contributed by atoms with van der Waals surface area (Å²) in [6.07, 6.45) is 1.92. The van der Waals surface area contributed by atoms with Crippen molar-refractivity contribution in [2.75, 3.05) is 39.8 Å². The molecule has 2 unspecified atom stereocenters. The summed E-state index contributed by atoms with van der Waals surface area (Å²) in [6.45, 7) is 5.35. The fourth-order valence-corrected chi connectivity index (χ4v) is 4.47. The number of piperazine rings is 1. The van der Waals surface area contributed by atoms with E-state index in [2.05, 4.69) is 17.4 Å². The summed E-state index contributed by atoms with van der Waals surface area (Å²) < 4.78 is 5.29. The van der Waals surface area contributed by atoms with E-state index in [0.717, 1.165) is 54.6 Å². The zero-order valence-electron chi connectivity index (χ0n) is 17.6. The van der Waals surface area contributed by atoms with E-state index in [1.165, 1.54) is 0 Å². The van der Waals surface area contributed by atoms with E-state index in [4.69, 9.17) is 4.74 Å². The molecule has 2 aliphatic heterocycles. The Labute approximate surface area is 184 Å². The molecule has 30 heavy (non-hydrogen) atoms. The molecule has 2 heterocycles. The monoisotopic (exact) mass is 431 g/mol. The van der Waals surface area contributed by atoms with E-state index in [1.807, 2.05) is 41.0 Å². The molecule has 2 aromatic carbocycles. The maximum absolute atomic E-state index is 13.2. The Kier molecular flexibility index (Phi) is 7.21. The first kappa shape index (κ1) is 22.4. The van der Waals surface area contributed by atoms with Crippen LogP contribution >= 0.6 is 12.4 Å². The highest BCUT2D eigenvalue weighted by Crippen LogP contribution is 2.27. The van der Waals surface area contributed by atoms with Crippen molar-refractivity contribution in [1.29, 1.82) is 0 Å². The van der Waals surface area contributed by atoms with Gasteiger partial charge in [-0.25, -0.2) is 0 Å². The molecule has 2 aromatic rings. The van der Waals surface area contributed by atoms with Crippen LogP contribution in [-0.2, 0) is 9.59 Å². The lowest BCUT2D eigenvalue weighted by atomic mass is 9.95. The minimum atomic E-state index is -0.209. The van der Waals surface area contributed by atoms with Gasteiger partial charge in [-0.1, -0.05) is 24.3 Å². The Morgan fingerprint density at radius 1 is 1.17 bits per heavy atom. The van der Waals surface area contributed by atoms with Gasteiger partial charge in [0.2, 0.25) is 11.8 Å². The number of carbonyl (C=O) groups excluding carboxylic acids is 2. The van der Waals surface area contributed by atoms with Crippen molar-refractivity contribution < 1.29 is 14.3 Å². The average Bonchev–Trinajstić information content (AvgIpc) is 2.77. The molecule has 2 fully saturated rings. The van der Waals surface area contributed by atoms with Gasteiger partial charge in [-0.2, -0.15) is 0 Å². The highest BCUT2D eigenvalue weighted by Gasteiger charge is 2.33. The number of carbonyl (C=O) groups is 2. The van der Waals surface area contributed by atoms with Crippen LogP contribution < -0.4 is 10.1 Å². The number of likely N-dealkylation sites (tertiary alicyclic amines) is 1. The molecule has 0 spiro atoms. The third-order valence-electron chi connectivity index (χ3n) is 6.22. The summed E-state index contributed by atoms with van der Waals surface area (Å²) in [5.74, 6) is 0.911. The van der Waals surface area contributed by atoms with Crippen molar-refractivity contribution >= 4 is 35.0 Å². The molecule has 4 rings (SSSR count). The number of nitrogens with zero attached hydrogens (tertiary/aromatic N) is 2. The van der Waals surface area contributed by atoms with Crippen LogP contribution in [0.3, 0.4) is 0 Å². The summed E-state index contributed by atoms with van der Waals surface area (Å²) in [5.41, 5.74) is 1.02. The normalized spacial score (nSPS) is 20.6. The van der Waals surface area contributed by atoms with Crippen LogP contribution in [0.5, 0.6) is 5.75 Å². The number of ether oxygens (including phenoxy) is 1. The molecule has 6 nitrogen and oxygen atoms in total. The number of methoxy groups -OCH3 is 1. The minimum Gasteiger partial charge on any atom is -0.497 e. The maximum Gasteiger partial charge on any atom is 0.236 e. The van der Waals surface area contributed by atoms with Crippen molar-refractivity contribution in [2.45, 2.75) is 31.7 Å². The fraction of sp³-hybridized carbons (Fsp3) is 0.478. The lowest BCUT2D eigenvalue weighted by Gasteiger charge is -2.41. The second-order valence-electron chi connectivity index (χ2n) is 8.04. The highest BCUT2D eigenvalue weighted by molar-refractivity contribution is 5.88. The molecule has 0 saturated carbocycles.